The molecule has 1 heterocycles. The van der Waals surface area contributed by atoms with Gasteiger partial charge in [-0.25, -0.2) is 0 Å². The maximum absolute atomic E-state index is 11.7. The topological polar surface area (TPSA) is 51.2 Å². The monoisotopic (exact) mass is 272 g/mol. The number of hydrogen-bond acceptors (Lipinski definition) is 4. The van der Waals surface area contributed by atoms with Gasteiger partial charge in [0.05, 0.1) is 7.11 Å². The van der Waals surface area contributed by atoms with Crippen molar-refractivity contribution in [1.82, 2.24) is 10.3 Å². The van der Waals surface area contributed by atoms with Crippen LogP contribution in [0.25, 0.3) is 10.8 Å². The number of carbonyl (C=O) groups excluding carboxylic acids is 1. The first-order valence-electron chi connectivity index (χ1n) is 6.76. The molecule has 1 aromatic heterocycles. The van der Waals surface area contributed by atoms with Crippen molar-refractivity contribution in [2.24, 2.45) is 5.92 Å². The van der Waals surface area contributed by atoms with E-state index in [1.165, 1.54) is 7.11 Å². The van der Waals surface area contributed by atoms with Gasteiger partial charge in [0.25, 0.3) is 0 Å². The van der Waals surface area contributed by atoms with Crippen LogP contribution in [-0.2, 0) is 16.1 Å². The molecular formula is C16H20N2O2. The van der Waals surface area contributed by atoms with Crippen molar-refractivity contribution in [3.05, 3.63) is 42.2 Å². The third-order valence-corrected chi connectivity index (χ3v) is 3.41. The molecule has 0 aliphatic heterocycles. The quantitative estimate of drug-likeness (QED) is 0.850. The Hall–Kier alpha value is -1.94. The summed E-state index contributed by atoms with van der Waals surface area (Å²) in [5.74, 6) is -0.0407. The zero-order chi connectivity index (χ0) is 14.5. The lowest BCUT2D eigenvalue weighted by Crippen LogP contribution is -2.41. The van der Waals surface area contributed by atoms with Crippen LogP contribution in [0, 0.1) is 5.92 Å². The molecule has 0 saturated heterocycles. The second kappa shape index (κ2) is 6.48. The van der Waals surface area contributed by atoms with Crippen LogP contribution in [0.1, 0.15) is 19.4 Å². The number of hydrogen-bond donors (Lipinski definition) is 1. The van der Waals surface area contributed by atoms with Crippen molar-refractivity contribution >= 4 is 16.7 Å². The minimum Gasteiger partial charge on any atom is -0.468 e. The maximum Gasteiger partial charge on any atom is 0.323 e. The summed E-state index contributed by atoms with van der Waals surface area (Å²) in [7, 11) is 1.42. The fourth-order valence-electron chi connectivity index (χ4n) is 2.28. The predicted molar refractivity (Wildman–Crippen MR) is 79.2 cm³/mol. The first-order chi connectivity index (χ1) is 9.63. The summed E-state index contributed by atoms with van der Waals surface area (Å²) in [5.41, 5.74) is 1.15. The molecule has 0 amide bonds. The molecular weight excluding hydrogens is 252 g/mol. The molecule has 0 saturated carbocycles. The Morgan fingerprint density at radius 2 is 2.15 bits per heavy atom. The summed E-state index contributed by atoms with van der Waals surface area (Å²) in [6, 6.07) is 7.80. The highest BCUT2D eigenvalue weighted by molar-refractivity contribution is 5.84. The number of benzene rings is 1. The molecule has 0 aliphatic carbocycles. The van der Waals surface area contributed by atoms with E-state index in [2.05, 4.69) is 16.4 Å². The molecule has 0 bridgehead atoms. The van der Waals surface area contributed by atoms with Crippen LogP contribution in [0.3, 0.4) is 0 Å². The van der Waals surface area contributed by atoms with Crippen molar-refractivity contribution in [3.8, 4) is 0 Å². The predicted octanol–water partition coefficient (Wildman–Crippen LogP) is 2.52. The number of nitrogens with one attached hydrogen (secondary N) is 1. The van der Waals surface area contributed by atoms with Gasteiger partial charge in [-0.2, -0.15) is 0 Å². The molecule has 1 unspecified atom stereocenters. The normalized spacial score (nSPS) is 12.6. The minimum absolute atomic E-state index is 0.180. The van der Waals surface area contributed by atoms with E-state index in [4.69, 9.17) is 4.74 Å². The van der Waals surface area contributed by atoms with Crippen LogP contribution in [0.5, 0.6) is 0 Å². The lowest BCUT2D eigenvalue weighted by Gasteiger charge is -2.20. The number of ether oxygens (including phenoxy) is 1. The third kappa shape index (κ3) is 3.14. The summed E-state index contributed by atoms with van der Waals surface area (Å²) in [5, 5.41) is 5.54. The van der Waals surface area contributed by atoms with E-state index in [-0.39, 0.29) is 17.9 Å². The Labute approximate surface area is 119 Å². The van der Waals surface area contributed by atoms with E-state index < -0.39 is 0 Å². The van der Waals surface area contributed by atoms with E-state index in [0.29, 0.717) is 6.54 Å². The van der Waals surface area contributed by atoms with Gasteiger partial charge in [-0.15, -0.1) is 0 Å². The van der Waals surface area contributed by atoms with Crippen molar-refractivity contribution < 1.29 is 9.53 Å². The Kier molecular flexibility index (Phi) is 4.69. The molecule has 0 fully saturated rings. The summed E-state index contributed by atoms with van der Waals surface area (Å²) < 4.78 is 4.84. The molecule has 4 nitrogen and oxygen atoms in total. The first-order valence-corrected chi connectivity index (χ1v) is 6.76. The summed E-state index contributed by atoms with van der Waals surface area (Å²) >= 11 is 0. The second-order valence-corrected chi connectivity index (χ2v) is 5.14. The number of esters is 1. The van der Waals surface area contributed by atoms with Crippen LogP contribution in [0.4, 0.5) is 0 Å². The number of pyridine rings is 1. The van der Waals surface area contributed by atoms with Crippen molar-refractivity contribution in [2.45, 2.75) is 26.4 Å². The zero-order valence-corrected chi connectivity index (χ0v) is 12.1. The highest BCUT2D eigenvalue weighted by atomic mass is 16.5. The van der Waals surface area contributed by atoms with Gasteiger partial charge in [-0.05, 0) is 22.9 Å². The Morgan fingerprint density at radius 1 is 1.35 bits per heavy atom. The number of fused-ring (bicyclic) bond motifs is 1. The fourth-order valence-corrected chi connectivity index (χ4v) is 2.28. The molecule has 0 radical (unpaired) electrons. The molecule has 106 valence electrons. The molecule has 0 aliphatic rings. The highest BCUT2D eigenvalue weighted by Gasteiger charge is 2.22. The van der Waals surface area contributed by atoms with Crippen molar-refractivity contribution in [2.75, 3.05) is 7.11 Å². The average Bonchev–Trinajstić information content (AvgIpc) is 2.47. The van der Waals surface area contributed by atoms with Crippen LogP contribution in [0.15, 0.2) is 36.7 Å². The van der Waals surface area contributed by atoms with Gasteiger partial charge < -0.3 is 10.1 Å². The molecule has 2 aromatic rings. The Balaban J connectivity index is 2.18. The first kappa shape index (κ1) is 14.5. The van der Waals surface area contributed by atoms with Gasteiger partial charge in [-0.1, -0.05) is 32.0 Å². The smallest absolute Gasteiger partial charge is 0.323 e. The number of nitrogens with zero attached hydrogens (tertiary/aromatic N) is 1. The van der Waals surface area contributed by atoms with E-state index in [1.807, 2.05) is 38.2 Å². The standard InChI is InChI=1S/C16H20N2O2/c1-11(2)15(16(19)20-3)18-10-13-6-4-5-12-9-17-8-7-14(12)13/h4-9,11,15,18H,10H2,1-3H3. The largest absolute Gasteiger partial charge is 0.468 e. The number of methoxy groups -OCH3 is 1. The molecule has 0 spiro atoms. The Bertz CT molecular complexity index is 591. The maximum atomic E-state index is 11.7. The Morgan fingerprint density at radius 3 is 2.85 bits per heavy atom. The summed E-state index contributed by atoms with van der Waals surface area (Å²) in [6.45, 7) is 4.63. The van der Waals surface area contributed by atoms with Crippen LogP contribution in [-0.4, -0.2) is 24.1 Å². The molecule has 20 heavy (non-hydrogen) atoms. The van der Waals surface area contributed by atoms with Gasteiger partial charge in [0.15, 0.2) is 0 Å². The molecule has 1 atom stereocenters. The number of rotatable bonds is 5. The second-order valence-electron chi connectivity index (χ2n) is 5.14. The van der Waals surface area contributed by atoms with Gasteiger partial charge in [0, 0.05) is 24.3 Å². The van der Waals surface area contributed by atoms with Gasteiger partial charge >= 0.3 is 5.97 Å². The molecule has 1 aromatic carbocycles. The minimum atomic E-state index is -0.294. The van der Waals surface area contributed by atoms with Crippen LogP contribution >= 0.6 is 0 Å². The van der Waals surface area contributed by atoms with Gasteiger partial charge in [-0.3, -0.25) is 9.78 Å². The summed E-state index contributed by atoms with van der Waals surface area (Å²) in [6.07, 6.45) is 3.63. The zero-order valence-electron chi connectivity index (χ0n) is 12.1. The van der Waals surface area contributed by atoms with Crippen LogP contribution in [0.2, 0.25) is 0 Å². The number of aromatic nitrogens is 1. The van der Waals surface area contributed by atoms with E-state index in [1.54, 1.807) is 6.20 Å². The van der Waals surface area contributed by atoms with Gasteiger partial charge in [0.2, 0.25) is 0 Å². The SMILES string of the molecule is COC(=O)C(NCc1cccc2cnccc12)C(C)C. The fraction of sp³-hybridized carbons (Fsp3) is 0.375. The van der Waals surface area contributed by atoms with E-state index in [0.717, 1.165) is 16.3 Å². The van der Waals surface area contributed by atoms with E-state index in [9.17, 15) is 4.79 Å². The highest BCUT2D eigenvalue weighted by Crippen LogP contribution is 2.17. The average molecular weight is 272 g/mol. The molecule has 2 rings (SSSR count). The molecule has 4 heteroatoms. The number of carbonyl (C=O) groups is 1. The van der Waals surface area contributed by atoms with Crippen LogP contribution < -0.4 is 5.32 Å². The van der Waals surface area contributed by atoms with Crippen molar-refractivity contribution in [3.63, 3.8) is 0 Å². The summed E-state index contributed by atoms with van der Waals surface area (Å²) in [4.78, 5) is 15.9. The van der Waals surface area contributed by atoms with E-state index >= 15 is 0 Å². The van der Waals surface area contributed by atoms with Crippen molar-refractivity contribution in [1.29, 1.82) is 0 Å². The molecule has 1 N–H and O–H groups in total. The third-order valence-electron chi connectivity index (χ3n) is 3.41. The van der Waals surface area contributed by atoms with Gasteiger partial charge in [0.1, 0.15) is 6.04 Å². The lowest BCUT2D eigenvalue weighted by atomic mass is 10.0. The lowest BCUT2D eigenvalue weighted by molar-refractivity contribution is -0.144.